The summed E-state index contributed by atoms with van der Waals surface area (Å²) in [4.78, 5) is 35.1. The predicted octanol–water partition coefficient (Wildman–Crippen LogP) is 2.59. The normalized spacial score (nSPS) is 22.4. The first-order valence-electron chi connectivity index (χ1n) is 12.1. The van der Waals surface area contributed by atoms with Crippen LogP contribution in [0.5, 0.6) is 0 Å². The molecule has 1 saturated heterocycles. The molecule has 0 spiro atoms. The lowest BCUT2D eigenvalue weighted by atomic mass is 10.1. The first-order valence-corrected chi connectivity index (χ1v) is 13.0. The predicted molar refractivity (Wildman–Crippen MR) is 137 cm³/mol. The molecule has 2 amide bonds. The smallest absolute Gasteiger partial charge is 0.243 e. The van der Waals surface area contributed by atoms with Crippen LogP contribution in [0.2, 0.25) is 0 Å². The molecule has 1 fully saturated rings. The molecule has 5 rings (SSSR count). The summed E-state index contributed by atoms with van der Waals surface area (Å²) >= 11 is 1.59. The zero-order valence-corrected chi connectivity index (χ0v) is 21.1. The van der Waals surface area contributed by atoms with Crippen molar-refractivity contribution in [3.63, 3.8) is 0 Å². The average molecular weight is 507 g/mol. The van der Waals surface area contributed by atoms with E-state index in [9.17, 15) is 19.8 Å². The van der Waals surface area contributed by atoms with Crippen molar-refractivity contribution in [1.29, 1.82) is 0 Å². The average Bonchev–Trinajstić information content (AvgIpc) is 3.59. The van der Waals surface area contributed by atoms with Crippen molar-refractivity contribution in [1.82, 2.24) is 20.1 Å². The van der Waals surface area contributed by atoms with Gasteiger partial charge in [-0.25, -0.2) is 4.98 Å². The summed E-state index contributed by atoms with van der Waals surface area (Å²) in [5, 5.41) is 24.0. The summed E-state index contributed by atoms with van der Waals surface area (Å²) in [6.07, 6.45) is -1.45. The number of β-amino-alcohol motifs (C(OH)–C–C–N with tert-alkyl or cyclic N) is 1. The van der Waals surface area contributed by atoms with Gasteiger partial charge in [0.2, 0.25) is 11.8 Å². The molecule has 1 aromatic heterocycles. The number of rotatable bonds is 6. The molecule has 8 nitrogen and oxygen atoms in total. The third-order valence-electron chi connectivity index (χ3n) is 7.15. The highest BCUT2D eigenvalue weighted by Crippen LogP contribution is 2.34. The van der Waals surface area contributed by atoms with Gasteiger partial charge in [0.15, 0.2) is 0 Å². The second kappa shape index (κ2) is 10.1. The van der Waals surface area contributed by atoms with Gasteiger partial charge < -0.3 is 20.4 Å². The van der Waals surface area contributed by atoms with Gasteiger partial charge >= 0.3 is 0 Å². The van der Waals surface area contributed by atoms with Gasteiger partial charge in [0.25, 0.3) is 0 Å². The highest BCUT2D eigenvalue weighted by atomic mass is 32.1. The monoisotopic (exact) mass is 506 g/mol. The number of hydrogen-bond acceptors (Lipinski definition) is 7. The minimum atomic E-state index is -0.878. The van der Waals surface area contributed by atoms with E-state index in [1.54, 1.807) is 23.2 Å². The van der Waals surface area contributed by atoms with Crippen molar-refractivity contribution >= 4 is 23.2 Å². The fourth-order valence-corrected chi connectivity index (χ4v) is 5.90. The maximum atomic E-state index is 13.4. The second-order valence-electron chi connectivity index (χ2n) is 9.50. The van der Waals surface area contributed by atoms with Crippen molar-refractivity contribution in [3.8, 4) is 10.4 Å². The van der Waals surface area contributed by atoms with Crippen LogP contribution in [0, 0.1) is 6.92 Å². The molecule has 0 saturated carbocycles. The Kier molecular flexibility index (Phi) is 6.90. The van der Waals surface area contributed by atoms with Crippen molar-refractivity contribution in [3.05, 3.63) is 76.4 Å². The second-order valence-corrected chi connectivity index (χ2v) is 10.4. The molecule has 9 heteroatoms. The number of aryl methyl sites for hydroxylation is 1. The van der Waals surface area contributed by atoms with Gasteiger partial charge in [-0.05, 0) is 36.1 Å². The molecule has 36 heavy (non-hydrogen) atoms. The van der Waals surface area contributed by atoms with Crippen molar-refractivity contribution < 1.29 is 19.8 Å². The summed E-state index contributed by atoms with van der Waals surface area (Å²) in [6.45, 7) is 4.59. The van der Waals surface area contributed by atoms with Crippen molar-refractivity contribution in [2.24, 2.45) is 0 Å². The van der Waals surface area contributed by atoms with E-state index in [0.29, 0.717) is 13.1 Å². The van der Waals surface area contributed by atoms with E-state index >= 15 is 0 Å². The third kappa shape index (κ3) is 4.67. The standard InChI is InChI=1S/C27H30N4O4S/c1-16-24(36-15-29-16)19-9-7-18(8-10-19)12-28-25(33)23-11-21(32)14-31(23)26(34)17(2)30-13-20-5-3-4-6-22(20)27(30)35/h3-10,15,17,21,23,27,32,35H,11-14H2,1-2H3,(H,28,33). The lowest BCUT2D eigenvalue weighted by Crippen LogP contribution is -2.52. The third-order valence-corrected chi connectivity index (χ3v) is 8.13. The Labute approximate surface area is 214 Å². The van der Waals surface area contributed by atoms with Gasteiger partial charge in [-0.1, -0.05) is 48.5 Å². The number of aromatic nitrogens is 1. The number of thiazole rings is 1. The molecule has 0 radical (unpaired) electrons. The first kappa shape index (κ1) is 24.6. The Balaban J connectivity index is 1.22. The van der Waals surface area contributed by atoms with Crippen LogP contribution in [0.1, 0.15) is 42.0 Å². The molecule has 4 atom stereocenters. The Hall–Kier alpha value is -3.11. The lowest BCUT2D eigenvalue weighted by Gasteiger charge is -2.32. The van der Waals surface area contributed by atoms with Crippen LogP contribution in [0.4, 0.5) is 0 Å². The highest BCUT2D eigenvalue weighted by Gasteiger charge is 2.43. The quantitative estimate of drug-likeness (QED) is 0.475. The van der Waals surface area contributed by atoms with E-state index in [2.05, 4.69) is 10.3 Å². The number of aliphatic hydroxyl groups excluding tert-OH is 2. The van der Waals surface area contributed by atoms with Crippen molar-refractivity contribution in [2.45, 2.75) is 57.8 Å². The topological polar surface area (TPSA) is 106 Å². The summed E-state index contributed by atoms with van der Waals surface area (Å²) in [5.74, 6) is -0.567. The van der Waals surface area contributed by atoms with Crippen LogP contribution >= 0.6 is 11.3 Å². The Morgan fingerprint density at radius 2 is 1.92 bits per heavy atom. The van der Waals surface area contributed by atoms with Gasteiger partial charge in [-0.15, -0.1) is 11.3 Å². The largest absolute Gasteiger partial charge is 0.391 e. The van der Waals surface area contributed by atoms with Crippen LogP contribution in [-0.2, 0) is 22.7 Å². The molecule has 3 N–H and O–H groups in total. The number of nitrogens with one attached hydrogen (secondary N) is 1. The van der Waals surface area contributed by atoms with E-state index in [4.69, 9.17) is 0 Å². The van der Waals surface area contributed by atoms with Gasteiger partial charge in [0.05, 0.1) is 28.2 Å². The van der Waals surface area contributed by atoms with Gasteiger partial charge in [-0.2, -0.15) is 0 Å². The van der Waals surface area contributed by atoms with E-state index in [1.165, 1.54) is 4.90 Å². The SMILES string of the molecule is Cc1ncsc1-c1ccc(CNC(=O)C2CC(O)CN2C(=O)C(C)N2Cc3ccccc3C2O)cc1. The number of likely N-dealkylation sites (tertiary alicyclic amines) is 1. The Bertz CT molecular complexity index is 1260. The van der Waals surface area contributed by atoms with E-state index in [0.717, 1.165) is 32.8 Å². The lowest BCUT2D eigenvalue weighted by molar-refractivity contribution is -0.146. The summed E-state index contributed by atoms with van der Waals surface area (Å²) in [6, 6.07) is 14.1. The van der Waals surface area contributed by atoms with Crippen LogP contribution in [0.25, 0.3) is 10.4 Å². The number of benzene rings is 2. The van der Waals surface area contributed by atoms with Crippen LogP contribution in [-0.4, -0.2) is 61.5 Å². The number of hydrogen-bond donors (Lipinski definition) is 3. The molecular weight excluding hydrogens is 476 g/mol. The summed E-state index contributed by atoms with van der Waals surface area (Å²) in [7, 11) is 0. The molecule has 3 aromatic rings. The fraction of sp³-hybridized carbons (Fsp3) is 0.370. The van der Waals surface area contributed by atoms with E-state index < -0.39 is 24.4 Å². The number of fused-ring (bicyclic) bond motifs is 1. The maximum absolute atomic E-state index is 13.4. The summed E-state index contributed by atoms with van der Waals surface area (Å²) < 4.78 is 0. The van der Waals surface area contributed by atoms with Gasteiger partial charge in [0, 0.05) is 26.1 Å². The number of nitrogens with zero attached hydrogens (tertiary/aromatic N) is 3. The number of carbonyl (C=O) groups is 2. The molecule has 188 valence electrons. The van der Waals surface area contributed by atoms with Crippen molar-refractivity contribution in [2.75, 3.05) is 6.54 Å². The Morgan fingerprint density at radius 1 is 1.17 bits per heavy atom. The molecule has 2 aliphatic rings. The fourth-order valence-electron chi connectivity index (χ4n) is 5.09. The maximum Gasteiger partial charge on any atom is 0.243 e. The zero-order valence-electron chi connectivity index (χ0n) is 20.3. The molecule has 0 bridgehead atoms. The first-order chi connectivity index (χ1) is 17.3. The van der Waals surface area contributed by atoms with Gasteiger partial charge in [0.1, 0.15) is 12.3 Å². The molecular formula is C27H30N4O4S. The highest BCUT2D eigenvalue weighted by molar-refractivity contribution is 7.13. The van der Waals surface area contributed by atoms with Crippen LogP contribution < -0.4 is 5.32 Å². The number of amides is 2. The van der Waals surface area contributed by atoms with E-state index in [-0.39, 0.29) is 24.8 Å². The molecule has 3 heterocycles. The molecule has 2 aliphatic heterocycles. The number of carbonyl (C=O) groups excluding carboxylic acids is 2. The summed E-state index contributed by atoms with van der Waals surface area (Å²) in [5.41, 5.74) is 6.62. The molecule has 4 unspecified atom stereocenters. The molecule has 2 aromatic carbocycles. The minimum absolute atomic E-state index is 0.0983. The molecule has 0 aliphatic carbocycles. The van der Waals surface area contributed by atoms with Gasteiger partial charge in [-0.3, -0.25) is 14.5 Å². The van der Waals surface area contributed by atoms with E-state index in [1.807, 2.05) is 61.0 Å². The Morgan fingerprint density at radius 3 is 2.61 bits per heavy atom. The van der Waals surface area contributed by atoms with Crippen LogP contribution in [0.15, 0.2) is 54.0 Å². The zero-order chi connectivity index (χ0) is 25.4. The van der Waals surface area contributed by atoms with Crippen LogP contribution in [0.3, 0.4) is 0 Å². The minimum Gasteiger partial charge on any atom is -0.391 e. The number of aliphatic hydroxyl groups is 2.